The Morgan fingerprint density at radius 2 is 1.94 bits per heavy atom. The molecule has 0 saturated heterocycles. The molecule has 0 unspecified atom stereocenters. The van der Waals surface area contributed by atoms with Gasteiger partial charge in [-0.1, -0.05) is 24.6 Å². The number of aryl methyl sites for hydroxylation is 1. The van der Waals surface area contributed by atoms with Crippen molar-refractivity contribution in [2.75, 3.05) is 0 Å². The van der Waals surface area contributed by atoms with Gasteiger partial charge in [0.05, 0.1) is 12.0 Å². The lowest BCUT2D eigenvalue weighted by Crippen LogP contribution is -2.23. The van der Waals surface area contributed by atoms with Gasteiger partial charge >= 0.3 is 0 Å². The minimum absolute atomic E-state index is 0.385. The fraction of sp³-hybridized carbons (Fsp3) is 0.600. The Morgan fingerprint density at radius 3 is 2.59 bits per heavy atom. The maximum absolute atomic E-state index is 6.10. The van der Waals surface area contributed by atoms with E-state index in [9.17, 15) is 0 Å². The molecule has 2 rings (SSSR count). The smallest absolute Gasteiger partial charge is 0.124 e. The molecule has 0 N–H and O–H groups in total. The van der Waals surface area contributed by atoms with Crippen molar-refractivity contribution >= 4 is 11.6 Å². The zero-order chi connectivity index (χ0) is 12.3. The first kappa shape index (κ1) is 12.8. The standard InChI is InChI=1S/C15H21ClO/c1-11-3-6-14(7-4-11)17-15-8-5-12(2)9-13(15)10-16/h5,8-9,11,14H,3-4,6-7,10H2,1-2H3. The Labute approximate surface area is 109 Å². The summed E-state index contributed by atoms with van der Waals surface area (Å²) in [6.45, 7) is 4.41. The molecule has 0 bridgehead atoms. The molecule has 1 fully saturated rings. The van der Waals surface area contributed by atoms with E-state index in [1.807, 2.05) is 0 Å². The van der Waals surface area contributed by atoms with Crippen LogP contribution in [0, 0.1) is 12.8 Å². The number of ether oxygens (including phenoxy) is 1. The maximum atomic E-state index is 6.10. The van der Waals surface area contributed by atoms with Crippen molar-refractivity contribution in [2.24, 2.45) is 5.92 Å². The van der Waals surface area contributed by atoms with Crippen LogP contribution in [0.3, 0.4) is 0 Å². The molecule has 0 atom stereocenters. The van der Waals surface area contributed by atoms with Crippen molar-refractivity contribution in [1.82, 2.24) is 0 Å². The lowest BCUT2D eigenvalue weighted by atomic mass is 9.89. The third-order valence-corrected chi connectivity index (χ3v) is 3.90. The van der Waals surface area contributed by atoms with Crippen molar-refractivity contribution < 1.29 is 4.74 Å². The Balaban J connectivity index is 2.03. The highest BCUT2D eigenvalue weighted by Crippen LogP contribution is 2.29. The van der Waals surface area contributed by atoms with Crippen molar-refractivity contribution in [1.29, 1.82) is 0 Å². The minimum atomic E-state index is 0.385. The van der Waals surface area contributed by atoms with Gasteiger partial charge in [-0.25, -0.2) is 0 Å². The second-order valence-corrected chi connectivity index (χ2v) is 5.51. The number of alkyl halides is 1. The Hall–Kier alpha value is -0.690. The van der Waals surface area contributed by atoms with Gasteiger partial charge in [-0.3, -0.25) is 0 Å². The molecule has 17 heavy (non-hydrogen) atoms. The van der Waals surface area contributed by atoms with Gasteiger partial charge in [-0.05, 0) is 44.6 Å². The molecule has 2 heteroatoms. The Bertz CT molecular complexity index is 367. The highest BCUT2D eigenvalue weighted by atomic mass is 35.5. The Kier molecular flexibility index (Phi) is 4.33. The predicted molar refractivity (Wildman–Crippen MR) is 72.8 cm³/mol. The summed E-state index contributed by atoms with van der Waals surface area (Å²) >= 11 is 5.96. The number of rotatable bonds is 3. The van der Waals surface area contributed by atoms with E-state index in [0.717, 1.165) is 17.2 Å². The molecular formula is C15H21ClO. The molecule has 0 aliphatic heterocycles. The van der Waals surface area contributed by atoms with Gasteiger partial charge in [0.15, 0.2) is 0 Å². The lowest BCUT2D eigenvalue weighted by Gasteiger charge is -2.27. The molecule has 0 radical (unpaired) electrons. The summed E-state index contributed by atoms with van der Waals surface area (Å²) in [4.78, 5) is 0. The minimum Gasteiger partial charge on any atom is -0.490 e. The average Bonchev–Trinajstić information content (AvgIpc) is 2.34. The predicted octanol–water partition coefficient (Wildman–Crippen LogP) is 4.69. The number of halogens is 1. The van der Waals surface area contributed by atoms with Crippen LogP contribution in [-0.2, 0) is 5.88 Å². The van der Waals surface area contributed by atoms with Crippen LogP contribution < -0.4 is 4.74 Å². The second kappa shape index (κ2) is 5.77. The van der Waals surface area contributed by atoms with Gasteiger partial charge in [0.2, 0.25) is 0 Å². The number of hydrogen-bond acceptors (Lipinski definition) is 1. The maximum Gasteiger partial charge on any atom is 0.124 e. The molecule has 1 saturated carbocycles. The first-order chi connectivity index (χ1) is 8.19. The van der Waals surface area contributed by atoms with Gasteiger partial charge in [-0.2, -0.15) is 0 Å². The molecule has 0 amide bonds. The van der Waals surface area contributed by atoms with Crippen molar-refractivity contribution in [3.63, 3.8) is 0 Å². The molecule has 1 aromatic carbocycles. The molecule has 0 spiro atoms. The van der Waals surface area contributed by atoms with Gasteiger partial charge < -0.3 is 4.74 Å². The quantitative estimate of drug-likeness (QED) is 0.709. The summed E-state index contributed by atoms with van der Waals surface area (Å²) in [7, 11) is 0. The molecular weight excluding hydrogens is 232 g/mol. The zero-order valence-electron chi connectivity index (χ0n) is 10.7. The Morgan fingerprint density at radius 1 is 1.24 bits per heavy atom. The van der Waals surface area contributed by atoms with Gasteiger partial charge in [0.1, 0.15) is 5.75 Å². The molecule has 1 aromatic rings. The van der Waals surface area contributed by atoms with Crippen LogP contribution in [0.2, 0.25) is 0 Å². The zero-order valence-corrected chi connectivity index (χ0v) is 11.5. The van der Waals surface area contributed by atoms with Crippen LogP contribution in [0.25, 0.3) is 0 Å². The number of benzene rings is 1. The van der Waals surface area contributed by atoms with Gasteiger partial charge in [0.25, 0.3) is 0 Å². The van der Waals surface area contributed by atoms with Crippen LogP contribution in [0.4, 0.5) is 0 Å². The van der Waals surface area contributed by atoms with Crippen LogP contribution in [0.1, 0.15) is 43.7 Å². The lowest BCUT2D eigenvalue weighted by molar-refractivity contribution is 0.134. The fourth-order valence-electron chi connectivity index (χ4n) is 2.45. The largest absolute Gasteiger partial charge is 0.490 e. The van der Waals surface area contributed by atoms with E-state index < -0.39 is 0 Å². The highest BCUT2D eigenvalue weighted by molar-refractivity contribution is 6.17. The molecule has 1 nitrogen and oxygen atoms in total. The van der Waals surface area contributed by atoms with E-state index in [4.69, 9.17) is 16.3 Å². The molecule has 94 valence electrons. The van der Waals surface area contributed by atoms with Gasteiger partial charge in [-0.15, -0.1) is 11.6 Å². The van der Waals surface area contributed by atoms with E-state index in [-0.39, 0.29) is 0 Å². The molecule has 1 aliphatic rings. The molecule has 0 aromatic heterocycles. The van der Waals surface area contributed by atoms with E-state index in [1.54, 1.807) is 0 Å². The number of hydrogen-bond donors (Lipinski definition) is 0. The fourth-order valence-corrected chi connectivity index (χ4v) is 2.66. The van der Waals surface area contributed by atoms with Crippen LogP contribution >= 0.6 is 11.6 Å². The summed E-state index contributed by atoms with van der Waals surface area (Å²) in [6, 6.07) is 6.27. The third kappa shape index (κ3) is 3.38. The normalized spacial score (nSPS) is 24.6. The van der Waals surface area contributed by atoms with Gasteiger partial charge in [0, 0.05) is 5.56 Å². The molecule has 0 heterocycles. The van der Waals surface area contributed by atoms with Crippen molar-refractivity contribution in [2.45, 2.75) is 51.5 Å². The van der Waals surface area contributed by atoms with Crippen LogP contribution in [0.15, 0.2) is 18.2 Å². The summed E-state index contributed by atoms with van der Waals surface area (Å²) in [5.74, 6) is 2.37. The summed E-state index contributed by atoms with van der Waals surface area (Å²) < 4.78 is 6.10. The third-order valence-electron chi connectivity index (χ3n) is 3.62. The summed E-state index contributed by atoms with van der Waals surface area (Å²) in [6.07, 6.45) is 5.31. The summed E-state index contributed by atoms with van der Waals surface area (Å²) in [5.41, 5.74) is 2.36. The van der Waals surface area contributed by atoms with Crippen molar-refractivity contribution in [3.05, 3.63) is 29.3 Å². The van der Waals surface area contributed by atoms with E-state index in [2.05, 4.69) is 32.0 Å². The van der Waals surface area contributed by atoms with E-state index in [1.165, 1.54) is 31.2 Å². The average molecular weight is 253 g/mol. The first-order valence-electron chi connectivity index (χ1n) is 6.51. The summed E-state index contributed by atoms with van der Waals surface area (Å²) in [5, 5.41) is 0. The van der Waals surface area contributed by atoms with E-state index in [0.29, 0.717) is 12.0 Å². The second-order valence-electron chi connectivity index (χ2n) is 5.24. The van der Waals surface area contributed by atoms with Crippen molar-refractivity contribution in [3.8, 4) is 5.75 Å². The van der Waals surface area contributed by atoms with Crippen LogP contribution in [0.5, 0.6) is 5.75 Å². The van der Waals surface area contributed by atoms with E-state index >= 15 is 0 Å². The highest BCUT2D eigenvalue weighted by Gasteiger charge is 2.20. The monoisotopic (exact) mass is 252 g/mol. The SMILES string of the molecule is Cc1ccc(OC2CCC(C)CC2)c(CCl)c1. The molecule has 1 aliphatic carbocycles. The first-order valence-corrected chi connectivity index (χ1v) is 7.04. The van der Waals surface area contributed by atoms with Crippen LogP contribution in [-0.4, -0.2) is 6.10 Å². The topological polar surface area (TPSA) is 9.23 Å².